The summed E-state index contributed by atoms with van der Waals surface area (Å²) in [4.78, 5) is 23.6. The predicted molar refractivity (Wildman–Crippen MR) is 119 cm³/mol. The quantitative estimate of drug-likeness (QED) is 0.720. The lowest BCUT2D eigenvalue weighted by molar-refractivity contribution is -0.136. The van der Waals surface area contributed by atoms with E-state index in [-0.39, 0.29) is 30.6 Å². The van der Waals surface area contributed by atoms with Crippen LogP contribution in [0, 0.1) is 12.8 Å². The summed E-state index contributed by atoms with van der Waals surface area (Å²) >= 11 is 0. The highest BCUT2D eigenvalue weighted by atomic mass is 32.2. The van der Waals surface area contributed by atoms with E-state index in [9.17, 15) is 13.2 Å². The van der Waals surface area contributed by atoms with Gasteiger partial charge >= 0.3 is 0 Å². The molecule has 0 spiro atoms. The topological polar surface area (TPSA) is 111 Å². The molecule has 178 valence electrons. The fraction of sp³-hybridized carbons (Fsp3) is 0.773. The molecule has 1 amide bonds. The van der Waals surface area contributed by atoms with Crippen LogP contribution < -0.4 is 9.46 Å². The molecule has 4 aliphatic rings. The van der Waals surface area contributed by atoms with Crippen LogP contribution in [-0.2, 0) is 19.6 Å². The van der Waals surface area contributed by atoms with Crippen molar-refractivity contribution in [2.24, 2.45) is 5.92 Å². The molecule has 1 aliphatic carbocycles. The molecule has 2 bridgehead atoms. The molecule has 1 aromatic heterocycles. The second kappa shape index (κ2) is 9.61. The van der Waals surface area contributed by atoms with Gasteiger partial charge in [-0.1, -0.05) is 0 Å². The number of amides is 1. The molecule has 1 saturated heterocycles. The summed E-state index contributed by atoms with van der Waals surface area (Å²) in [6.07, 6.45) is 6.16. The minimum Gasteiger partial charge on any atom is -0.467 e. The van der Waals surface area contributed by atoms with Crippen molar-refractivity contribution in [2.45, 2.75) is 76.2 Å². The van der Waals surface area contributed by atoms with Crippen molar-refractivity contribution in [2.75, 3.05) is 26.3 Å². The van der Waals surface area contributed by atoms with Crippen LogP contribution in [0.2, 0.25) is 0 Å². The van der Waals surface area contributed by atoms with E-state index in [0.717, 1.165) is 43.4 Å². The molecule has 9 nitrogen and oxygen atoms in total. The average Bonchev–Trinajstić information content (AvgIpc) is 3.18. The number of ether oxygens (including phenoxy) is 2. The predicted octanol–water partition coefficient (Wildman–Crippen LogP) is 1.77. The maximum Gasteiger partial charge on any atom is 0.260 e. The fourth-order valence-electron chi connectivity index (χ4n) is 5.09. The number of fused-ring (bicyclic) bond motifs is 5. The Morgan fingerprint density at radius 2 is 1.94 bits per heavy atom. The van der Waals surface area contributed by atoms with Crippen molar-refractivity contribution in [3.05, 3.63) is 17.6 Å². The zero-order valence-electron chi connectivity index (χ0n) is 19.1. The highest BCUT2D eigenvalue weighted by molar-refractivity contribution is 7.90. The molecule has 1 saturated carbocycles. The van der Waals surface area contributed by atoms with E-state index >= 15 is 0 Å². The molecule has 4 heterocycles. The molecule has 1 N–H and O–H groups in total. The van der Waals surface area contributed by atoms with E-state index in [4.69, 9.17) is 9.47 Å². The third-order valence-electron chi connectivity index (χ3n) is 7.14. The molecule has 0 unspecified atom stereocenters. The van der Waals surface area contributed by atoms with Gasteiger partial charge in [0.15, 0.2) is 6.61 Å². The van der Waals surface area contributed by atoms with Gasteiger partial charge in [-0.15, -0.1) is 0 Å². The Bertz CT molecular complexity index is 930. The Balaban J connectivity index is 1.54. The molecule has 10 heteroatoms. The van der Waals surface area contributed by atoms with Crippen molar-refractivity contribution >= 4 is 15.9 Å². The molecule has 0 radical (unpaired) electrons. The second-order valence-corrected chi connectivity index (χ2v) is 11.7. The number of hydrogen-bond donors (Lipinski definition) is 1. The van der Waals surface area contributed by atoms with Crippen LogP contribution in [0.3, 0.4) is 0 Å². The first-order valence-corrected chi connectivity index (χ1v) is 13.1. The number of rotatable bonds is 4. The van der Waals surface area contributed by atoms with E-state index in [1.807, 2.05) is 6.92 Å². The van der Waals surface area contributed by atoms with E-state index in [0.29, 0.717) is 31.5 Å². The van der Waals surface area contributed by atoms with Crippen LogP contribution in [0.4, 0.5) is 0 Å². The zero-order valence-corrected chi connectivity index (χ0v) is 19.9. The minimum atomic E-state index is -3.36. The molecule has 32 heavy (non-hydrogen) atoms. The highest BCUT2D eigenvalue weighted by Crippen LogP contribution is 2.39. The molecular formula is C22H34N4O5S. The number of aryl methyl sites for hydroxylation is 1. The monoisotopic (exact) mass is 466 g/mol. The standard InChI is InChI=1S/C22H34N4O5S/c1-14(2)32(28,29)25-10-17-8-9-26-19(17)11-30-18-6-4-16(5-7-18)21-15(3)23-13-24-22(21)31-12-20(26)27/h13-14,16-19,25H,4-12H2,1-3H3/t16?,17-,18?,19+/m1/s1. The summed E-state index contributed by atoms with van der Waals surface area (Å²) in [7, 11) is -3.36. The number of nitrogens with one attached hydrogen (secondary N) is 1. The maximum absolute atomic E-state index is 13.1. The Morgan fingerprint density at radius 1 is 1.19 bits per heavy atom. The summed E-state index contributed by atoms with van der Waals surface area (Å²) in [5, 5.41) is -0.493. The van der Waals surface area contributed by atoms with Crippen LogP contribution >= 0.6 is 0 Å². The van der Waals surface area contributed by atoms with Crippen LogP contribution in [0.25, 0.3) is 0 Å². The van der Waals surface area contributed by atoms with Crippen molar-refractivity contribution in [1.29, 1.82) is 0 Å². The first kappa shape index (κ1) is 23.4. The third kappa shape index (κ3) is 4.92. The lowest BCUT2D eigenvalue weighted by Crippen LogP contribution is -2.46. The van der Waals surface area contributed by atoms with Gasteiger partial charge in [0, 0.05) is 24.3 Å². The number of sulfonamides is 1. The minimum absolute atomic E-state index is 0.00537. The van der Waals surface area contributed by atoms with Gasteiger partial charge in [-0.05, 0) is 64.7 Å². The van der Waals surface area contributed by atoms with E-state index in [1.165, 1.54) is 6.33 Å². The first-order valence-electron chi connectivity index (χ1n) is 11.6. The Kier molecular flexibility index (Phi) is 7.02. The maximum atomic E-state index is 13.1. The van der Waals surface area contributed by atoms with Gasteiger partial charge in [0.05, 0.1) is 24.0 Å². The van der Waals surface area contributed by atoms with Crippen molar-refractivity contribution in [1.82, 2.24) is 19.6 Å². The summed E-state index contributed by atoms with van der Waals surface area (Å²) in [6, 6.07) is -0.175. The summed E-state index contributed by atoms with van der Waals surface area (Å²) in [5.41, 5.74) is 1.91. The van der Waals surface area contributed by atoms with E-state index in [1.54, 1.807) is 18.7 Å². The number of carbonyl (C=O) groups is 1. The summed E-state index contributed by atoms with van der Waals surface area (Å²) in [5.74, 6) is 0.693. The van der Waals surface area contributed by atoms with Crippen molar-refractivity contribution in [3.8, 4) is 5.88 Å². The van der Waals surface area contributed by atoms with Crippen LogP contribution in [0.1, 0.15) is 63.1 Å². The number of hydrogen-bond acceptors (Lipinski definition) is 7. The van der Waals surface area contributed by atoms with Crippen LogP contribution in [0.15, 0.2) is 6.33 Å². The Labute approximate surface area is 190 Å². The zero-order chi connectivity index (χ0) is 22.9. The molecule has 2 fully saturated rings. The molecular weight excluding hydrogens is 432 g/mol. The molecule has 0 aromatic carbocycles. The van der Waals surface area contributed by atoms with Gasteiger partial charge in [0.1, 0.15) is 6.33 Å². The van der Waals surface area contributed by atoms with Gasteiger partial charge in [0.25, 0.3) is 5.91 Å². The number of carbonyl (C=O) groups excluding carboxylic acids is 1. The SMILES string of the molecule is Cc1ncnc2c1C1CCC(CC1)OC[C@H]1[C@@H](CNS(=O)(=O)C(C)C)CCN1C(=O)CO2. The van der Waals surface area contributed by atoms with Crippen molar-refractivity contribution < 1.29 is 22.7 Å². The second-order valence-electron chi connectivity index (χ2n) is 9.42. The molecule has 1 aromatic rings. The Hall–Kier alpha value is -1.78. The van der Waals surface area contributed by atoms with Gasteiger partial charge in [-0.3, -0.25) is 4.79 Å². The Morgan fingerprint density at radius 3 is 2.66 bits per heavy atom. The average molecular weight is 467 g/mol. The van der Waals surface area contributed by atoms with E-state index < -0.39 is 15.3 Å². The van der Waals surface area contributed by atoms with Crippen molar-refractivity contribution in [3.63, 3.8) is 0 Å². The highest BCUT2D eigenvalue weighted by Gasteiger charge is 2.39. The first-order chi connectivity index (χ1) is 15.3. The van der Waals surface area contributed by atoms with Crippen LogP contribution in [-0.4, -0.2) is 72.9 Å². The van der Waals surface area contributed by atoms with Gasteiger partial charge in [0.2, 0.25) is 15.9 Å². The molecule has 3 aliphatic heterocycles. The van der Waals surface area contributed by atoms with Gasteiger partial charge in [-0.2, -0.15) is 0 Å². The number of nitrogens with zero attached hydrogens (tertiary/aromatic N) is 3. The third-order valence-corrected chi connectivity index (χ3v) is 8.95. The molecule has 2 atom stereocenters. The largest absolute Gasteiger partial charge is 0.467 e. The summed E-state index contributed by atoms with van der Waals surface area (Å²) < 4.78 is 39.5. The lowest BCUT2D eigenvalue weighted by Gasteiger charge is -2.32. The fourth-order valence-corrected chi connectivity index (χ4v) is 5.87. The van der Waals surface area contributed by atoms with Gasteiger partial charge < -0.3 is 14.4 Å². The smallest absolute Gasteiger partial charge is 0.260 e. The number of aromatic nitrogens is 2. The normalized spacial score (nSPS) is 29.0. The van der Waals surface area contributed by atoms with Gasteiger partial charge in [-0.25, -0.2) is 23.1 Å². The lowest BCUT2D eigenvalue weighted by atomic mass is 9.82. The summed E-state index contributed by atoms with van der Waals surface area (Å²) in [6.45, 7) is 6.47. The van der Waals surface area contributed by atoms with E-state index in [2.05, 4.69) is 14.7 Å². The molecule has 5 rings (SSSR count). The van der Waals surface area contributed by atoms with Crippen LogP contribution in [0.5, 0.6) is 5.88 Å².